The second-order valence-corrected chi connectivity index (χ2v) is 23.6. The van der Waals surface area contributed by atoms with Crippen molar-refractivity contribution in [3.63, 3.8) is 0 Å². The minimum absolute atomic E-state index is 0.00972. The highest BCUT2D eigenvalue weighted by Gasteiger charge is 2.68. The number of hydrogen-bond acceptors (Lipinski definition) is 23. The normalized spacial score (nSPS) is 53.8. The highest BCUT2D eigenvalue weighted by Crippen LogP contribution is 2.70. The number of aliphatic hydroxyl groups excluding tert-OH is 13. The van der Waals surface area contributed by atoms with Crippen LogP contribution in [0.5, 0.6) is 0 Å². The monoisotopic (exact) mass is 1080 g/mol. The standard InChI is InChI=1S/C52H84O23/c1-21(19-67-46-42(63)39(60)35(56)30(17-53)71-46)9-14-52(66-6)22(2)33-29(75-52)16-28-26-8-7-24-15-25(10-12-50(24,4)27(26)11-13-51(28,33)5)70-49-45(74-48-44(65)38(59)34(55)23(3)69-48)41(62)37(58)32(73-49)20-68-47-43(64)40(61)36(57)31(18-54)72-47/h7,22-23,25-49,53-65H,1,8-20H2,2-6H3/t22-,23-,25-,26+,27-,28-,29-,30+,31+,32+,33-,34-,35+,36+,37+,38+,39-,40-,41-,42+,43+,44+,45+,46+,47+,48-,49+,50-,51-,52+/m0/s1. The molecule has 430 valence electrons. The van der Waals surface area contributed by atoms with Gasteiger partial charge in [0.1, 0.15) is 91.6 Å². The van der Waals surface area contributed by atoms with Gasteiger partial charge in [0.2, 0.25) is 0 Å². The van der Waals surface area contributed by atoms with Gasteiger partial charge in [-0.15, -0.1) is 0 Å². The van der Waals surface area contributed by atoms with Gasteiger partial charge < -0.3 is 114 Å². The summed E-state index contributed by atoms with van der Waals surface area (Å²) in [5.74, 6) is 0.633. The average Bonchev–Trinajstić information content (AvgIpc) is 3.86. The van der Waals surface area contributed by atoms with Crippen molar-refractivity contribution in [1.82, 2.24) is 0 Å². The molecule has 13 N–H and O–H groups in total. The fourth-order valence-corrected chi connectivity index (χ4v) is 15.0. The Morgan fingerprint density at radius 1 is 0.667 bits per heavy atom. The van der Waals surface area contributed by atoms with Crippen LogP contribution in [0.3, 0.4) is 0 Å². The van der Waals surface area contributed by atoms with E-state index in [9.17, 15) is 66.4 Å². The number of hydrogen-bond donors (Lipinski definition) is 13. The Morgan fingerprint density at radius 3 is 1.91 bits per heavy atom. The van der Waals surface area contributed by atoms with E-state index in [2.05, 4.69) is 33.4 Å². The minimum atomic E-state index is -1.75. The molecule has 5 saturated heterocycles. The molecule has 0 bridgehead atoms. The van der Waals surface area contributed by atoms with Crippen LogP contribution in [-0.4, -0.2) is 241 Å². The number of allylic oxidation sites excluding steroid dienone is 1. The topological polar surface area (TPSA) is 355 Å². The van der Waals surface area contributed by atoms with Gasteiger partial charge in [-0.05, 0) is 92.8 Å². The van der Waals surface area contributed by atoms with Crippen LogP contribution in [0.15, 0.2) is 23.8 Å². The molecule has 23 nitrogen and oxygen atoms in total. The van der Waals surface area contributed by atoms with Gasteiger partial charge in [-0.2, -0.15) is 0 Å². The van der Waals surface area contributed by atoms with Crippen LogP contribution in [0, 0.1) is 40.4 Å². The molecule has 0 aromatic rings. The summed E-state index contributed by atoms with van der Waals surface area (Å²) in [6.45, 7) is 10.9. The summed E-state index contributed by atoms with van der Waals surface area (Å²) >= 11 is 0. The first-order valence-electron chi connectivity index (χ1n) is 27.0. The molecule has 9 rings (SSSR count). The molecule has 5 heterocycles. The molecule has 0 unspecified atom stereocenters. The van der Waals surface area contributed by atoms with Crippen LogP contribution >= 0.6 is 0 Å². The van der Waals surface area contributed by atoms with Crippen LogP contribution in [0.1, 0.15) is 85.5 Å². The van der Waals surface area contributed by atoms with Crippen molar-refractivity contribution in [3.05, 3.63) is 23.8 Å². The summed E-state index contributed by atoms with van der Waals surface area (Å²) in [4.78, 5) is 0. The highest BCUT2D eigenvalue weighted by atomic mass is 16.8. The number of rotatable bonds is 16. The molecule has 30 atom stereocenters. The molecule has 23 heteroatoms. The third kappa shape index (κ3) is 10.5. The summed E-state index contributed by atoms with van der Waals surface area (Å²) in [5.41, 5.74) is 1.80. The maximum absolute atomic E-state index is 11.7. The molecule has 0 aromatic heterocycles. The summed E-state index contributed by atoms with van der Waals surface area (Å²) in [7, 11) is 1.68. The molecule has 3 saturated carbocycles. The molecule has 5 aliphatic heterocycles. The highest BCUT2D eigenvalue weighted by molar-refractivity contribution is 5.26. The predicted molar refractivity (Wildman–Crippen MR) is 255 cm³/mol. The van der Waals surface area contributed by atoms with Gasteiger partial charge >= 0.3 is 0 Å². The number of ether oxygens (including phenoxy) is 10. The Labute approximate surface area is 436 Å². The first-order valence-corrected chi connectivity index (χ1v) is 27.0. The van der Waals surface area contributed by atoms with Gasteiger partial charge in [0.25, 0.3) is 0 Å². The van der Waals surface area contributed by atoms with E-state index >= 15 is 0 Å². The molecule has 9 aliphatic rings. The van der Waals surface area contributed by atoms with Crippen molar-refractivity contribution in [1.29, 1.82) is 0 Å². The van der Waals surface area contributed by atoms with Crippen LogP contribution in [-0.2, 0) is 47.4 Å². The van der Waals surface area contributed by atoms with Crippen LogP contribution in [0.2, 0.25) is 0 Å². The Hall–Kier alpha value is -1.44. The molecular formula is C52H84O23. The van der Waals surface area contributed by atoms with Crippen LogP contribution in [0.25, 0.3) is 0 Å². The van der Waals surface area contributed by atoms with Gasteiger partial charge in [-0.25, -0.2) is 0 Å². The van der Waals surface area contributed by atoms with Crippen molar-refractivity contribution in [2.45, 2.75) is 226 Å². The first-order chi connectivity index (χ1) is 35.5. The smallest absolute Gasteiger partial charge is 0.187 e. The zero-order valence-corrected chi connectivity index (χ0v) is 43.5. The lowest BCUT2D eigenvalue weighted by Crippen LogP contribution is -2.65. The van der Waals surface area contributed by atoms with Crippen LogP contribution < -0.4 is 0 Å². The van der Waals surface area contributed by atoms with Gasteiger partial charge in [-0.1, -0.05) is 44.6 Å². The Kier molecular flexibility index (Phi) is 17.7. The molecule has 75 heavy (non-hydrogen) atoms. The minimum Gasteiger partial charge on any atom is -0.394 e. The van der Waals surface area contributed by atoms with Gasteiger partial charge in [0, 0.05) is 19.4 Å². The Bertz CT molecular complexity index is 1980. The predicted octanol–water partition coefficient (Wildman–Crippen LogP) is -2.43. The third-order valence-electron chi connectivity index (χ3n) is 19.5. The first kappa shape index (κ1) is 58.2. The largest absolute Gasteiger partial charge is 0.394 e. The maximum Gasteiger partial charge on any atom is 0.187 e. The zero-order chi connectivity index (χ0) is 54.2. The summed E-state index contributed by atoms with van der Waals surface area (Å²) in [6.07, 6.45) is -21.2. The second-order valence-electron chi connectivity index (χ2n) is 23.6. The molecule has 4 aliphatic carbocycles. The fourth-order valence-electron chi connectivity index (χ4n) is 15.0. The van der Waals surface area contributed by atoms with Gasteiger partial charge in [-0.3, -0.25) is 0 Å². The maximum atomic E-state index is 11.7. The summed E-state index contributed by atoms with van der Waals surface area (Å²) in [5, 5.41) is 136. The van der Waals surface area contributed by atoms with E-state index in [1.54, 1.807) is 7.11 Å². The van der Waals surface area contributed by atoms with Crippen molar-refractivity contribution in [2.75, 3.05) is 33.5 Å². The number of aliphatic hydroxyl groups is 13. The van der Waals surface area contributed by atoms with E-state index in [1.165, 1.54) is 12.5 Å². The zero-order valence-electron chi connectivity index (χ0n) is 43.5. The van der Waals surface area contributed by atoms with E-state index < -0.39 is 155 Å². The van der Waals surface area contributed by atoms with Crippen molar-refractivity contribution < 1.29 is 114 Å². The molecule has 0 spiro atoms. The lowest BCUT2D eigenvalue weighted by atomic mass is 9.47. The van der Waals surface area contributed by atoms with E-state index in [0.29, 0.717) is 49.0 Å². The van der Waals surface area contributed by atoms with E-state index in [-0.39, 0.29) is 35.4 Å². The molecule has 0 aromatic carbocycles. The van der Waals surface area contributed by atoms with Crippen LogP contribution in [0.4, 0.5) is 0 Å². The Morgan fingerprint density at radius 2 is 1.27 bits per heavy atom. The van der Waals surface area contributed by atoms with E-state index in [1.807, 2.05) is 0 Å². The van der Waals surface area contributed by atoms with E-state index in [0.717, 1.165) is 32.1 Å². The lowest BCUT2D eigenvalue weighted by molar-refractivity contribution is -0.375. The quantitative estimate of drug-likeness (QED) is 0.0715. The van der Waals surface area contributed by atoms with Crippen molar-refractivity contribution in [3.8, 4) is 0 Å². The Balaban J connectivity index is 0.850. The van der Waals surface area contributed by atoms with Gasteiger partial charge in [0.05, 0.1) is 44.7 Å². The summed E-state index contributed by atoms with van der Waals surface area (Å²) in [6, 6.07) is 0. The molecule has 8 fully saturated rings. The third-order valence-corrected chi connectivity index (χ3v) is 19.5. The number of methoxy groups -OCH3 is 1. The lowest BCUT2D eigenvalue weighted by Gasteiger charge is -2.58. The molecule has 0 radical (unpaired) electrons. The number of fused-ring (bicyclic) bond motifs is 7. The fraction of sp³-hybridized carbons (Fsp3) is 0.923. The molecular weight excluding hydrogens is 993 g/mol. The van der Waals surface area contributed by atoms with Gasteiger partial charge in [0.15, 0.2) is 30.9 Å². The van der Waals surface area contributed by atoms with Crippen molar-refractivity contribution >= 4 is 0 Å². The van der Waals surface area contributed by atoms with E-state index in [4.69, 9.17) is 47.4 Å². The SMILES string of the molecule is C=C(CC[C@@]1(OC)O[C@H]2C[C@H]3[C@@H]4CC=C5C[C@@H](O[C@@H]6O[C@H](CO[C@@H]7O[C@H](CO)[C@@H](O)[C@H](O)[C@H]7O)[C@@H](O)[C@H](O)[C@H]6O[C@@H]6O[C@@H](C)[C@H](O)[C@@H](O)[C@H]6O)CC[C@]5(C)[C@H]4CC[C@]3(C)[C@H]2[C@@H]1C)CO[C@@H]1O[C@H](CO)[C@@H](O)[C@H](O)[C@H]1O. The second kappa shape index (κ2) is 22.8. The van der Waals surface area contributed by atoms with Crippen molar-refractivity contribution in [2.24, 2.45) is 40.4 Å². The summed E-state index contributed by atoms with van der Waals surface area (Å²) < 4.78 is 60.6. The molecule has 0 amide bonds. The average molecular weight is 1080 g/mol.